The van der Waals surface area contributed by atoms with Gasteiger partial charge in [-0.15, -0.1) is 0 Å². The van der Waals surface area contributed by atoms with Crippen molar-refractivity contribution in [3.8, 4) is 17.6 Å². The van der Waals surface area contributed by atoms with Crippen molar-refractivity contribution in [3.63, 3.8) is 0 Å². The molecule has 36 heavy (non-hydrogen) atoms. The maximum atomic E-state index is 12.7. The number of hydrogen-bond acceptors (Lipinski definition) is 4. The minimum absolute atomic E-state index is 0.0212. The van der Waals surface area contributed by atoms with E-state index in [1.165, 1.54) is 6.08 Å². The van der Waals surface area contributed by atoms with E-state index >= 15 is 0 Å². The molecule has 5 nitrogen and oxygen atoms in total. The first-order valence-electron chi connectivity index (χ1n) is 11.2. The number of nitriles is 1. The van der Waals surface area contributed by atoms with E-state index in [9.17, 15) is 10.1 Å². The van der Waals surface area contributed by atoms with Crippen LogP contribution in [0.5, 0.6) is 11.5 Å². The maximum absolute atomic E-state index is 12.7. The molecule has 180 valence electrons. The van der Waals surface area contributed by atoms with Crippen molar-refractivity contribution in [1.29, 1.82) is 5.26 Å². The molecular weight excluding hydrogens is 584 g/mol. The van der Waals surface area contributed by atoms with Crippen LogP contribution in [0.3, 0.4) is 0 Å². The van der Waals surface area contributed by atoms with E-state index in [4.69, 9.17) is 9.47 Å². The van der Waals surface area contributed by atoms with Gasteiger partial charge in [-0.25, -0.2) is 0 Å². The molecule has 0 heterocycles. The summed E-state index contributed by atoms with van der Waals surface area (Å²) >= 11 is 7.13. The molecule has 0 fully saturated rings. The molecule has 0 radical (unpaired) electrons. The standard InChI is InChI=1S/C29H22Br2N2O3/c1-2-35-24-12-10-23(11-13-24)33-29(34)22(17-32)14-19-15-26(30)28(27(31)16-19)36-18-21-8-5-7-20-6-3-4-9-25(20)21/h3-16H,2,18H2,1H3,(H,33,34)/b22-14-. The number of ether oxygens (including phenoxy) is 2. The lowest BCUT2D eigenvalue weighted by Gasteiger charge is -2.13. The number of nitrogens with one attached hydrogen (secondary N) is 1. The molecule has 0 aliphatic carbocycles. The second-order valence-electron chi connectivity index (χ2n) is 7.82. The van der Waals surface area contributed by atoms with Gasteiger partial charge < -0.3 is 14.8 Å². The van der Waals surface area contributed by atoms with Gasteiger partial charge in [-0.1, -0.05) is 42.5 Å². The highest BCUT2D eigenvalue weighted by molar-refractivity contribution is 9.11. The van der Waals surface area contributed by atoms with Gasteiger partial charge >= 0.3 is 0 Å². The Hall–Kier alpha value is -3.60. The molecule has 4 aromatic carbocycles. The number of amides is 1. The summed E-state index contributed by atoms with van der Waals surface area (Å²) < 4.78 is 12.9. The molecule has 0 spiro atoms. The van der Waals surface area contributed by atoms with Crippen LogP contribution in [-0.4, -0.2) is 12.5 Å². The van der Waals surface area contributed by atoms with Crippen molar-refractivity contribution in [2.45, 2.75) is 13.5 Å². The van der Waals surface area contributed by atoms with E-state index in [2.05, 4.69) is 55.4 Å². The zero-order chi connectivity index (χ0) is 25.5. The summed E-state index contributed by atoms with van der Waals surface area (Å²) in [6, 6.07) is 26.9. The third-order valence-electron chi connectivity index (χ3n) is 5.37. The van der Waals surface area contributed by atoms with Crippen molar-refractivity contribution >= 4 is 60.3 Å². The summed E-state index contributed by atoms with van der Waals surface area (Å²) in [5.74, 6) is 0.853. The first kappa shape index (κ1) is 25.5. The van der Waals surface area contributed by atoms with Gasteiger partial charge in [0.15, 0.2) is 0 Å². The first-order chi connectivity index (χ1) is 17.5. The number of halogens is 2. The van der Waals surface area contributed by atoms with E-state index in [0.29, 0.717) is 44.9 Å². The molecule has 0 atom stereocenters. The van der Waals surface area contributed by atoms with Crippen LogP contribution in [0, 0.1) is 11.3 Å². The third kappa shape index (κ3) is 6.14. The van der Waals surface area contributed by atoms with Crippen LogP contribution in [0.4, 0.5) is 5.69 Å². The molecule has 0 bridgehead atoms. The van der Waals surface area contributed by atoms with Crippen LogP contribution in [-0.2, 0) is 11.4 Å². The Bertz CT molecular complexity index is 1450. The van der Waals surface area contributed by atoms with Gasteiger partial charge in [-0.05, 0) is 103 Å². The van der Waals surface area contributed by atoms with E-state index in [1.807, 2.05) is 49.4 Å². The topological polar surface area (TPSA) is 71.3 Å². The molecule has 0 aromatic heterocycles. The normalized spacial score (nSPS) is 11.1. The molecule has 4 aromatic rings. The fourth-order valence-electron chi connectivity index (χ4n) is 3.68. The number of carbonyl (C=O) groups is 1. The van der Waals surface area contributed by atoms with E-state index in [0.717, 1.165) is 16.3 Å². The predicted octanol–water partition coefficient (Wildman–Crippen LogP) is 7.89. The zero-order valence-corrected chi connectivity index (χ0v) is 22.6. The lowest BCUT2D eigenvalue weighted by atomic mass is 10.1. The molecule has 7 heteroatoms. The smallest absolute Gasteiger partial charge is 0.266 e. The lowest BCUT2D eigenvalue weighted by Crippen LogP contribution is -2.13. The van der Waals surface area contributed by atoms with Gasteiger partial charge in [0.05, 0.1) is 15.6 Å². The number of nitrogens with zero attached hydrogens (tertiary/aromatic N) is 1. The number of fused-ring (bicyclic) bond motifs is 1. The summed E-state index contributed by atoms with van der Waals surface area (Å²) in [7, 11) is 0. The summed E-state index contributed by atoms with van der Waals surface area (Å²) in [5, 5.41) is 14.6. The summed E-state index contributed by atoms with van der Waals surface area (Å²) in [4.78, 5) is 12.7. The van der Waals surface area contributed by atoms with Crippen molar-refractivity contribution in [2.75, 3.05) is 11.9 Å². The monoisotopic (exact) mass is 604 g/mol. The zero-order valence-electron chi connectivity index (χ0n) is 19.4. The van der Waals surface area contributed by atoms with Crippen LogP contribution >= 0.6 is 31.9 Å². The molecule has 0 aliphatic rings. The average Bonchev–Trinajstić information content (AvgIpc) is 2.88. The maximum Gasteiger partial charge on any atom is 0.266 e. The van der Waals surface area contributed by atoms with Crippen LogP contribution in [0.25, 0.3) is 16.8 Å². The third-order valence-corrected chi connectivity index (χ3v) is 6.55. The van der Waals surface area contributed by atoms with Gasteiger partial charge in [-0.2, -0.15) is 5.26 Å². The Morgan fingerprint density at radius 1 is 0.972 bits per heavy atom. The van der Waals surface area contributed by atoms with E-state index in [1.54, 1.807) is 24.3 Å². The molecule has 0 saturated carbocycles. The highest BCUT2D eigenvalue weighted by Gasteiger charge is 2.13. The number of carbonyl (C=O) groups excluding carboxylic acids is 1. The quantitative estimate of drug-likeness (QED) is 0.164. The van der Waals surface area contributed by atoms with Crippen LogP contribution in [0.2, 0.25) is 0 Å². The van der Waals surface area contributed by atoms with Crippen molar-refractivity contribution in [3.05, 3.63) is 105 Å². The number of benzene rings is 4. The van der Waals surface area contributed by atoms with Crippen molar-refractivity contribution in [1.82, 2.24) is 0 Å². The molecule has 1 N–H and O–H groups in total. The van der Waals surface area contributed by atoms with Gasteiger partial charge in [-0.3, -0.25) is 4.79 Å². The second kappa shape index (κ2) is 11.9. The van der Waals surface area contributed by atoms with Gasteiger partial charge in [0.2, 0.25) is 0 Å². The fraction of sp³-hybridized carbons (Fsp3) is 0.103. The number of rotatable bonds is 8. The average molecular weight is 606 g/mol. The van der Waals surface area contributed by atoms with Crippen molar-refractivity contribution < 1.29 is 14.3 Å². The fourth-order valence-corrected chi connectivity index (χ4v) is 5.13. The number of hydrogen-bond donors (Lipinski definition) is 1. The molecule has 0 saturated heterocycles. The van der Waals surface area contributed by atoms with Gasteiger partial charge in [0.1, 0.15) is 29.7 Å². The van der Waals surface area contributed by atoms with Crippen LogP contribution < -0.4 is 14.8 Å². The number of anilines is 1. The highest BCUT2D eigenvalue weighted by atomic mass is 79.9. The minimum atomic E-state index is -0.495. The van der Waals surface area contributed by atoms with Crippen molar-refractivity contribution in [2.24, 2.45) is 0 Å². The van der Waals surface area contributed by atoms with E-state index < -0.39 is 5.91 Å². The summed E-state index contributed by atoms with van der Waals surface area (Å²) in [6.45, 7) is 2.85. The largest absolute Gasteiger partial charge is 0.494 e. The van der Waals surface area contributed by atoms with Gasteiger partial charge in [0, 0.05) is 5.69 Å². The Balaban J connectivity index is 1.49. The Morgan fingerprint density at radius 3 is 2.36 bits per heavy atom. The first-order valence-corrected chi connectivity index (χ1v) is 12.8. The molecule has 0 aliphatic heterocycles. The second-order valence-corrected chi connectivity index (χ2v) is 9.53. The van der Waals surface area contributed by atoms with Crippen LogP contribution in [0.15, 0.2) is 93.4 Å². The van der Waals surface area contributed by atoms with Gasteiger partial charge in [0.25, 0.3) is 5.91 Å². The van der Waals surface area contributed by atoms with Crippen LogP contribution in [0.1, 0.15) is 18.1 Å². The lowest BCUT2D eigenvalue weighted by molar-refractivity contribution is -0.112. The molecular formula is C29H22Br2N2O3. The Morgan fingerprint density at radius 2 is 1.67 bits per heavy atom. The Labute approximate surface area is 226 Å². The molecule has 0 unspecified atom stereocenters. The molecule has 1 amide bonds. The predicted molar refractivity (Wildman–Crippen MR) is 150 cm³/mol. The summed E-state index contributed by atoms with van der Waals surface area (Å²) in [5.41, 5.74) is 2.30. The SMILES string of the molecule is CCOc1ccc(NC(=O)/C(C#N)=C\c2cc(Br)c(OCc3cccc4ccccc34)c(Br)c2)cc1. The molecule has 4 rings (SSSR count). The Kier molecular flexibility index (Phi) is 8.42. The highest BCUT2D eigenvalue weighted by Crippen LogP contribution is 2.36. The summed E-state index contributed by atoms with van der Waals surface area (Å²) in [6.07, 6.45) is 1.54. The minimum Gasteiger partial charge on any atom is -0.494 e. The van der Waals surface area contributed by atoms with E-state index in [-0.39, 0.29) is 5.57 Å².